The Hall–Kier alpha value is -4.37. The largest absolute Gasteiger partial charge is 0.505 e. The number of aromatic hydroxyl groups is 1. The lowest BCUT2D eigenvalue weighted by Gasteiger charge is -2.10. The molecule has 0 fully saturated rings. The molecular formula is C23H18N4O5. The van der Waals surface area contributed by atoms with Crippen LogP contribution in [0.2, 0.25) is 0 Å². The van der Waals surface area contributed by atoms with Crippen LogP contribution in [-0.4, -0.2) is 42.5 Å². The van der Waals surface area contributed by atoms with Crippen molar-refractivity contribution in [1.29, 1.82) is 0 Å². The summed E-state index contributed by atoms with van der Waals surface area (Å²) < 4.78 is 0. The van der Waals surface area contributed by atoms with E-state index in [4.69, 9.17) is 0 Å². The summed E-state index contributed by atoms with van der Waals surface area (Å²) in [5.74, 6) is -0.395. The smallest absolute Gasteiger partial charge is 0.271 e. The van der Waals surface area contributed by atoms with E-state index in [-0.39, 0.29) is 29.5 Å². The summed E-state index contributed by atoms with van der Waals surface area (Å²) in [6.45, 7) is -0.114. The molecule has 160 valence electrons. The number of hydrogen-bond donors (Lipinski definition) is 2. The van der Waals surface area contributed by atoms with Gasteiger partial charge in [-0.25, -0.2) is 0 Å². The van der Waals surface area contributed by atoms with Crippen LogP contribution in [0.5, 0.6) is 5.75 Å². The van der Waals surface area contributed by atoms with Crippen LogP contribution in [-0.2, 0) is 6.42 Å². The number of fused-ring (bicyclic) bond motifs is 1. The van der Waals surface area contributed by atoms with Crippen molar-refractivity contribution in [3.8, 4) is 11.4 Å². The highest BCUT2D eigenvalue weighted by Crippen LogP contribution is 2.30. The van der Waals surface area contributed by atoms with E-state index in [1.165, 1.54) is 35.1 Å². The minimum absolute atomic E-state index is 0.114. The lowest BCUT2D eigenvalue weighted by Crippen LogP contribution is -2.03. The molecule has 0 aliphatic heterocycles. The molecule has 9 heteroatoms. The van der Waals surface area contributed by atoms with Gasteiger partial charge in [0.25, 0.3) is 5.69 Å². The molecule has 32 heavy (non-hydrogen) atoms. The third-order valence-corrected chi connectivity index (χ3v) is 4.84. The van der Waals surface area contributed by atoms with Gasteiger partial charge in [0.15, 0.2) is 5.78 Å². The molecule has 0 saturated heterocycles. The Morgan fingerprint density at radius 3 is 2.53 bits per heavy atom. The topological polar surface area (TPSA) is 131 Å². The highest BCUT2D eigenvalue weighted by Gasteiger charge is 2.16. The van der Waals surface area contributed by atoms with Crippen LogP contribution >= 0.6 is 0 Å². The van der Waals surface area contributed by atoms with E-state index in [1.54, 1.807) is 36.4 Å². The van der Waals surface area contributed by atoms with Crippen molar-refractivity contribution >= 4 is 28.6 Å². The lowest BCUT2D eigenvalue weighted by atomic mass is 10.0. The Bertz CT molecular complexity index is 1350. The van der Waals surface area contributed by atoms with E-state index in [1.807, 2.05) is 6.07 Å². The van der Waals surface area contributed by atoms with E-state index in [0.29, 0.717) is 34.1 Å². The molecule has 0 atom stereocenters. The number of benzene rings is 3. The number of aliphatic hydroxyl groups is 1. The van der Waals surface area contributed by atoms with Crippen molar-refractivity contribution < 1.29 is 19.9 Å². The fourth-order valence-electron chi connectivity index (χ4n) is 3.24. The van der Waals surface area contributed by atoms with Gasteiger partial charge in [-0.1, -0.05) is 30.3 Å². The quantitative estimate of drug-likeness (QED) is 0.199. The van der Waals surface area contributed by atoms with Crippen LogP contribution in [0.3, 0.4) is 0 Å². The van der Waals surface area contributed by atoms with Gasteiger partial charge in [0.1, 0.15) is 22.5 Å². The first-order valence-corrected chi connectivity index (χ1v) is 9.72. The molecule has 0 spiro atoms. The van der Waals surface area contributed by atoms with Crippen molar-refractivity contribution in [3.05, 3.63) is 93.5 Å². The molecule has 0 amide bonds. The third-order valence-electron chi connectivity index (χ3n) is 4.84. The van der Waals surface area contributed by atoms with Crippen LogP contribution in [0.15, 0.2) is 66.7 Å². The molecule has 0 aliphatic rings. The Morgan fingerprint density at radius 2 is 1.81 bits per heavy atom. The fraction of sp³-hybridized carbons (Fsp3) is 0.0870. The van der Waals surface area contributed by atoms with E-state index in [0.717, 1.165) is 0 Å². The summed E-state index contributed by atoms with van der Waals surface area (Å²) in [7, 11) is 0. The first-order valence-electron chi connectivity index (χ1n) is 9.72. The minimum atomic E-state index is -0.523. The molecule has 9 nitrogen and oxygen atoms in total. The van der Waals surface area contributed by atoms with Gasteiger partial charge >= 0.3 is 0 Å². The minimum Gasteiger partial charge on any atom is -0.505 e. The molecule has 1 aromatic heterocycles. The lowest BCUT2D eigenvalue weighted by molar-refractivity contribution is -0.384. The van der Waals surface area contributed by atoms with Gasteiger partial charge in [0.2, 0.25) is 0 Å². The van der Waals surface area contributed by atoms with E-state index in [2.05, 4.69) is 10.2 Å². The third kappa shape index (κ3) is 4.23. The second-order valence-electron chi connectivity index (χ2n) is 7.01. The zero-order chi connectivity index (χ0) is 22.7. The maximum Gasteiger partial charge on any atom is 0.271 e. The number of aromatic nitrogens is 3. The first-order chi connectivity index (χ1) is 15.5. The van der Waals surface area contributed by atoms with Crippen molar-refractivity contribution in [2.24, 2.45) is 0 Å². The monoisotopic (exact) mass is 430 g/mol. The maximum atomic E-state index is 12.4. The molecule has 4 rings (SSSR count). The van der Waals surface area contributed by atoms with Gasteiger partial charge in [0.05, 0.1) is 4.92 Å². The second kappa shape index (κ2) is 8.78. The van der Waals surface area contributed by atoms with Crippen molar-refractivity contribution in [2.75, 3.05) is 6.61 Å². The number of non-ortho nitro benzene ring substituents is 1. The van der Waals surface area contributed by atoms with E-state index >= 15 is 0 Å². The molecule has 2 N–H and O–H groups in total. The number of nitro benzene ring substituents is 1. The molecule has 4 aromatic rings. The van der Waals surface area contributed by atoms with Crippen LogP contribution in [0.25, 0.3) is 22.8 Å². The number of rotatable bonds is 7. The summed E-state index contributed by atoms with van der Waals surface area (Å²) >= 11 is 0. The number of phenolic OH excluding ortho intramolecular Hbond substituents is 1. The maximum absolute atomic E-state index is 12.4. The summed E-state index contributed by atoms with van der Waals surface area (Å²) in [6.07, 6.45) is 3.16. The van der Waals surface area contributed by atoms with Crippen molar-refractivity contribution in [3.63, 3.8) is 0 Å². The Labute approximate surface area is 182 Å². The Kier molecular flexibility index (Phi) is 5.73. The summed E-state index contributed by atoms with van der Waals surface area (Å²) in [5.41, 5.74) is 2.37. The van der Waals surface area contributed by atoms with E-state index < -0.39 is 4.92 Å². The normalized spacial score (nSPS) is 11.3. The van der Waals surface area contributed by atoms with Gasteiger partial charge in [-0.15, -0.1) is 15.0 Å². The number of ketones is 1. The molecule has 0 aliphatic carbocycles. The van der Waals surface area contributed by atoms with Gasteiger partial charge < -0.3 is 10.2 Å². The average molecular weight is 430 g/mol. The first kappa shape index (κ1) is 20.9. The second-order valence-corrected chi connectivity index (χ2v) is 7.01. The van der Waals surface area contributed by atoms with Crippen LogP contribution in [0.1, 0.15) is 21.5 Å². The zero-order valence-corrected chi connectivity index (χ0v) is 16.8. The predicted octanol–water partition coefficient (Wildman–Crippen LogP) is 3.47. The molecule has 0 radical (unpaired) electrons. The number of nitro groups is 1. The fourth-order valence-corrected chi connectivity index (χ4v) is 3.24. The van der Waals surface area contributed by atoms with Gasteiger partial charge in [-0.05, 0) is 42.3 Å². The van der Waals surface area contributed by atoms with Crippen LogP contribution < -0.4 is 0 Å². The zero-order valence-electron chi connectivity index (χ0n) is 16.8. The Balaban J connectivity index is 1.76. The number of allylic oxidation sites excluding steroid dienone is 1. The number of phenols is 1. The number of hydrogen-bond acceptors (Lipinski definition) is 7. The molecule has 0 saturated carbocycles. The highest BCUT2D eigenvalue weighted by molar-refractivity contribution is 6.07. The van der Waals surface area contributed by atoms with Gasteiger partial charge in [-0.3, -0.25) is 14.9 Å². The molecular weight excluding hydrogens is 412 g/mol. The number of carbonyl (C=O) groups excluding carboxylic acids is 1. The number of carbonyl (C=O) groups is 1. The summed E-state index contributed by atoms with van der Waals surface area (Å²) in [4.78, 5) is 24.1. The summed E-state index contributed by atoms with van der Waals surface area (Å²) in [5, 5.41) is 39.8. The highest BCUT2D eigenvalue weighted by atomic mass is 16.6. The predicted molar refractivity (Wildman–Crippen MR) is 118 cm³/mol. The van der Waals surface area contributed by atoms with Gasteiger partial charge in [-0.2, -0.15) is 0 Å². The van der Waals surface area contributed by atoms with Crippen molar-refractivity contribution in [1.82, 2.24) is 15.0 Å². The summed E-state index contributed by atoms with van der Waals surface area (Å²) in [6, 6.07) is 16.1. The molecule has 0 unspecified atom stereocenters. The van der Waals surface area contributed by atoms with Gasteiger partial charge in [0, 0.05) is 29.9 Å². The Morgan fingerprint density at radius 1 is 1.06 bits per heavy atom. The number of aliphatic hydroxyl groups excluding tert-OH is 1. The SMILES string of the molecule is O=C(/C=C\c1cc(CCO)cc(-n2nc3ccc([N+](=O)[O-])cc3n2)c1O)c1ccccc1. The molecule has 0 bridgehead atoms. The standard InChI is InChI=1S/C23H18N4O5/c28-11-10-15-12-17(6-9-22(29)16-4-2-1-3-5-16)23(30)21(13-15)26-24-19-8-7-18(27(31)32)14-20(19)25-26/h1-9,12-14,28,30H,10-11H2/b9-6-. The van der Waals surface area contributed by atoms with E-state index in [9.17, 15) is 25.1 Å². The molecule has 3 aromatic carbocycles. The molecule has 1 heterocycles. The van der Waals surface area contributed by atoms with Crippen molar-refractivity contribution in [2.45, 2.75) is 6.42 Å². The average Bonchev–Trinajstić information content (AvgIpc) is 3.22. The number of nitrogens with zero attached hydrogens (tertiary/aromatic N) is 4. The van der Waals surface area contributed by atoms with Crippen LogP contribution in [0, 0.1) is 10.1 Å². The van der Waals surface area contributed by atoms with Crippen LogP contribution in [0.4, 0.5) is 5.69 Å².